The Morgan fingerprint density at radius 1 is 1.40 bits per heavy atom. The van der Waals surface area contributed by atoms with Gasteiger partial charge in [0.1, 0.15) is 5.54 Å². The van der Waals surface area contributed by atoms with Crippen LogP contribution in [0.4, 0.5) is 10.5 Å². The first-order valence-electron chi connectivity index (χ1n) is 4.32. The van der Waals surface area contributed by atoms with Crippen LogP contribution in [0, 0.1) is 0 Å². The first kappa shape index (κ1) is 10.4. The maximum atomic E-state index is 11.9. The first-order chi connectivity index (χ1) is 6.93. The normalized spacial score (nSPS) is 19.5. The van der Waals surface area contributed by atoms with E-state index in [1.54, 1.807) is 24.6 Å². The van der Waals surface area contributed by atoms with E-state index in [4.69, 9.17) is 11.6 Å². The van der Waals surface area contributed by atoms with E-state index in [0.717, 1.165) is 4.90 Å². The first-order valence-corrected chi connectivity index (χ1v) is 5.64. The van der Waals surface area contributed by atoms with Gasteiger partial charge in [-0.3, -0.25) is 4.79 Å². The number of urea groups is 1. The number of hydrogen-bond acceptors (Lipinski definition) is 3. The van der Waals surface area contributed by atoms with Crippen LogP contribution in [0.2, 0.25) is 5.02 Å². The largest absolute Gasteiger partial charge is 0.329 e. The van der Waals surface area contributed by atoms with Crippen LogP contribution < -0.4 is 10.2 Å². The standard InChI is InChI=1S/C9H9ClN2O2S/c1-9(2)7(13)12(8(14)11-9)6-4-15-3-5(6)10/h3-4H,1-2H3,(H,11,14). The molecule has 1 aromatic rings. The minimum atomic E-state index is -0.859. The fourth-order valence-corrected chi connectivity index (χ4v) is 2.43. The highest BCUT2D eigenvalue weighted by atomic mass is 35.5. The van der Waals surface area contributed by atoms with E-state index in [9.17, 15) is 9.59 Å². The second-order valence-corrected chi connectivity index (χ2v) is 4.95. The number of rotatable bonds is 1. The minimum Gasteiger partial charge on any atom is -0.323 e. The summed E-state index contributed by atoms with van der Waals surface area (Å²) in [5, 5.41) is 6.37. The summed E-state index contributed by atoms with van der Waals surface area (Å²) in [6.45, 7) is 3.32. The quantitative estimate of drug-likeness (QED) is 0.771. The Kier molecular flexibility index (Phi) is 2.24. The fourth-order valence-electron chi connectivity index (χ4n) is 1.40. The molecule has 1 saturated heterocycles. The Labute approximate surface area is 95.8 Å². The maximum absolute atomic E-state index is 11.9. The van der Waals surface area contributed by atoms with Crippen LogP contribution >= 0.6 is 22.9 Å². The highest BCUT2D eigenvalue weighted by Crippen LogP contribution is 2.33. The molecule has 1 aliphatic heterocycles. The average molecular weight is 245 g/mol. The maximum Gasteiger partial charge on any atom is 0.329 e. The van der Waals surface area contributed by atoms with Crippen molar-refractivity contribution in [1.29, 1.82) is 0 Å². The molecule has 80 valence electrons. The lowest BCUT2D eigenvalue weighted by molar-refractivity contribution is -0.120. The van der Waals surface area contributed by atoms with Gasteiger partial charge in [-0.2, -0.15) is 0 Å². The van der Waals surface area contributed by atoms with Gasteiger partial charge in [0.2, 0.25) is 0 Å². The van der Waals surface area contributed by atoms with Gasteiger partial charge in [-0.1, -0.05) is 11.6 Å². The van der Waals surface area contributed by atoms with E-state index in [0.29, 0.717) is 10.7 Å². The van der Waals surface area contributed by atoms with Crippen molar-refractivity contribution in [3.8, 4) is 0 Å². The fraction of sp³-hybridized carbons (Fsp3) is 0.333. The van der Waals surface area contributed by atoms with Gasteiger partial charge >= 0.3 is 6.03 Å². The van der Waals surface area contributed by atoms with E-state index in [1.165, 1.54) is 11.3 Å². The van der Waals surface area contributed by atoms with E-state index in [1.807, 2.05) is 0 Å². The van der Waals surface area contributed by atoms with Crippen LogP contribution in [0.15, 0.2) is 10.8 Å². The summed E-state index contributed by atoms with van der Waals surface area (Å²) in [6.07, 6.45) is 0. The Hall–Kier alpha value is -1.07. The van der Waals surface area contributed by atoms with Gasteiger partial charge in [0.25, 0.3) is 5.91 Å². The third-order valence-corrected chi connectivity index (χ3v) is 3.36. The predicted molar refractivity (Wildman–Crippen MR) is 59.4 cm³/mol. The SMILES string of the molecule is CC1(C)NC(=O)N(c2cscc2Cl)C1=O. The van der Waals surface area contributed by atoms with Crippen LogP contribution in [-0.2, 0) is 4.79 Å². The molecule has 6 heteroatoms. The molecule has 15 heavy (non-hydrogen) atoms. The lowest BCUT2D eigenvalue weighted by atomic mass is 10.1. The molecule has 2 heterocycles. The second-order valence-electron chi connectivity index (χ2n) is 3.80. The Balaban J connectivity index is 2.44. The smallest absolute Gasteiger partial charge is 0.323 e. The van der Waals surface area contributed by atoms with Gasteiger partial charge in [-0.15, -0.1) is 11.3 Å². The van der Waals surface area contributed by atoms with Crippen molar-refractivity contribution >= 4 is 40.6 Å². The third kappa shape index (κ3) is 1.52. The van der Waals surface area contributed by atoms with Gasteiger partial charge in [-0.05, 0) is 13.8 Å². The predicted octanol–water partition coefficient (Wildman–Crippen LogP) is 2.24. The van der Waals surface area contributed by atoms with E-state index in [2.05, 4.69) is 5.32 Å². The topological polar surface area (TPSA) is 49.4 Å². The molecule has 0 radical (unpaired) electrons. The molecular weight excluding hydrogens is 236 g/mol. The van der Waals surface area contributed by atoms with Gasteiger partial charge in [0.05, 0.1) is 10.7 Å². The summed E-state index contributed by atoms with van der Waals surface area (Å²) in [5.41, 5.74) is -0.405. The molecule has 1 N–H and O–H groups in total. The monoisotopic (exact) mass is 244 g/mol. The lowest BCUT2D eigenvalue weighted by Gasteiger charge is -2.15. The average Bonchev–Trinajstić information content (AvgIpc) is 2.58. The molecule has 1 aliphatic rings. The van der Waals surface area contributed by atoms with Crippen LogP contribution in [-0.4, -0.2) is 17.5 Å². The van der Waals surface area contributed by atoms with Crippen molar-refractivity contribution in [3.63, 3.8) is 0 Å². The van der Waals surface area contributed by atoms with Gasteiger partial charge < -0.3 is 5.32 Å². The molecule has 1 fully saturated rings. The molecule has 1 aromatic heterocycles. The molecule has 4 nitrogen and oxygen atoms in total. The molecule has 0 aliphatic carbocycles. The van der Waals surface area contributed by atoms with Crippen molar-refractivity contribution in [2.75, 3.05) is 4.90 Å². The van der Waals surface area contributed by atoms with Crippen LogP contribution in [0.3, 0.4) is 0 Å². The molecule has 0 bridgehead atoms. The molecule has 0 saturated carbocycles. The van der Waals surface area contributed by atoms with E-state index < -0.39 is 11.6 Å². The van der Waals surface area contributed by atoms with Crippen LogP contribution in [0.5, 0.6) is 0 Å². The van der Waals surface area contributed by atoms with Crippen molar-refractivity contribution < 1.29 is 9.59 Å². The third-order valence-electron chi connectivity index (χ3n) is 2.20. The summed E-state index contributed by atoms with van der Waals surface area (Å²) in [7, 11) is 0. The molecule has 0 aromatic carbocycles. The number of nitrogens with zero attached hydrogens (tertiary/aromatic N) is 1. The van der Waals surface area contributed by atoms with Gasteiger partial charge in [0, 0.05) is 10.8 Å². The Morgan fingerprint density at radius 3 is 2.47 bits per heavy atom. The molecule has 0 unspecified atom stereocenters. The number of nitrogens with one attached hydrogen (secondary N) is 1. The molecular formula is C9H9ClN2O2S. The second kappa shape index (κ2) is 3.21. The minimum absolute atomic E-state index is 0.284. The zero-order valence-electron chi connectivity index (χ0n) is 8.20. The number of hydrogen-bond donors (Lipinski definition) is 1. The number of carbonyl (C=O) groups excluding carboxylic acids is 2. The van der Waals surface area contributed by atoms with Gasteiger partial charge in [0.15, 0.2) is 0 Å². The highest BCUT2D eigenvalue weighted by molar-refractivity contribution is 7.09. The number of amides is 3. The summed E-state index contributed by atoms with van der Waals surface area (Å²) in [5.74, 6) is -0.284. The number of thiophene rings is 1. The summed E-state index contributed by atoms with van der Waals surface area (Å²) in [6, 6.07) is -0.426. The number of halogens is 1. The van der Waals surface area contributed by atoms with Gasteiger partial charge in [-0.25, -0.2) is 9.69 Å². The lowest BCUT2D eigenvalue weighted by Crippen LogP contribution is -2.40. The Bertz CT molecular complexity index is 441. The molecule has 2 rings (SSSR count). The summed E-state index contributed by atoms with van der Waals surface area (Å²) >= 11 is 7.23. The molecule has 0 atom stereocenters. The molecule has 0 spiro atoms. The van der Waals surface area contributed by atoms with E-state index >= 15 is 0 Å². The zero-order chi connectivity index (χ0) is 11.2. The molecule has 3 amide bonds. The number of imide groups is 1. The highest BCUT2D eigenvalue weighted by Gasteiger charge is 2.45. The van der Waals surface area contributed by atoms with Crippen molar-refractivity contribution in [2.45, 2.75) is 19.4 Å². The van der Waals surface area contributed by atoms with Crippen LogP contribution in [0.25, 0.3) is 0 Å². The van der Waals surface area contributed by atoms with E-state index in [-0.39, 0.29) is 5.91 Å². The summed E-state index contributed by atoms with van der Waals surface area (Å²) in [4.78, 5) is 24.5. The number of carbonyl (C=O) groups is 2. The number of anilines is 1. The summed E-state index contributed by atoms with van der Waals surface area (Å²) < 4.78 is 0. The zero-order valence-corrected chi connectivity index (χ0v) is 9.78. The van der Waals surface area contributed by atoms with Crippen molar-refractivity contribution in [1.82, 2.24) is 5.32 Å². The Morgan fingerprint density at radius 2 is 2.07 bits per heavy atom. The van der Waals surface area contributed by atoms with Crippen molar-refractivity contribution in [3.05, 3.63) is 15.8 Å². The van der Waals surface area contributed by atoms with Crippen LogP contribution in [0.1, 0.15) is 13.8 Å². The van der Waals surface area contributed by atoms with Crippen molar-refractivity contribution in [2.24, 2.45) is 0 Å².